The predicted molar refractivity (Wildman–Crippen MR) is 111 cm³/mol. The minimum Gasteiger partial charge on any atom is -0.379 e. The zero-order chi connectivity index (χ0) is 19.8. The number of nitrogens with one attached hydrogen (secondary N) is 1. The van der Waals surface area contributed by atoms with Crippen molar-refractivity contribution in [1.82, 2.24) is 19.4 Å². The topological polar surface area (TPSA) is 70.6 Å². The Bertz CT molecular complexity index is 937. The van der Waals surface area contributed by atoms with Gasteiger partial charge in [-0.1, -0.05) is 12.8 Å². The van der Waals surface area contributed by atoms with Crippen LogP contribution in [0.1, 0.15) is 54.9 Å². The molecule has 1 atom stereocenters. The van der Waals surface area contributed by atoms with Gasteiger partial charge in [-0.15, -0.1) is 0 Å². The van der Waals surface area contributed by atoms with Crippen LogP contribution in [0.4, 0.5) is 0 Å². The van der Waals surface area contributed by atoms with Crippen LogP contribution in [0.3, 0.4) is 0 Å². The van der Waals surface area contributed by atoms with Crippen LogP contribution in [-0.2, 0) is 4.74 Å². The van der Waals surface area contributed by atoms with E-state index in [1.807, 2.05) is 27.7 Å². The van der Waals surface area contributed by atoms with Gasteiger partial charge in [-0.05, 0) is 43.9 Å². The predicted octanol–water partition coefficient (Wildman–Crippen LogP) is 2.38. The number of aromatic nitrogens is 2. The molecule has 1 aromatic carbocycles. The molecule has 156 valence electrons. The number of likely N-dealkylation sites (tertiary alicyclic amines) is 1. The van der Waals surface area contributed by atoms with Crippen molar-refractivity contribution in [3.63, 3.8) is 0 Å². The van der Waals surface area contributed by atoms with Crippen LogP contribution in [-0.4, -0.2) is 70.7 Å². The Hall–Kier alpha value is -2.12. The summed E-state index contributed by atoms with van der Waals surface area (Å²) in [7, 11) is 0. The molecule has 3 fully saturated rings. The molecule has 1 amide bonds. The van der Waals surface area contributed by atoms with Gasteiger partial charge in [-0.3, -0.25) is 14.3 Å². The number of rotatable bonds is 4. The van der Waals surface area contributed by atoms with Crippen LogP contribution >= 0.6 is 0 Å². The van der Waals surface area contributed by atoms with Gasteiger partial charge < -0.3 is 14.6 Å². The van der Waals surface area contributed by atoms with E-state index in [0.717, 1.165) is 76.1 Å². The Balaban J connectivity index is 1.36. The third-order valence-electron chi connectivity index (χ3n) is 6.86. The SMILES string of the molecule is O=C(c1ccc2c(c1)[nH]c(=O)n2C1CCCC1)N1CCCC1CN1CCOCC1. The smallest absolute Gasteiger partial charge is 0.326 e. The quantitative estimate of drug-likeness (QED) is 0.859. The Labute approximate surface area is 170 Å². The average molecular weight is 399 g/mol. The second kappa shape index (κ2) is 7.95. The number of morpholine rings is 1. The van der Waals surface area contributed by atoms with Crippen LogP contribution in [0.2, 0.25) is 0 Å². The number of fused-ring (bicyclic) bond motifs is 1. The Morgan fingerprint density at radius 1 is 1.07 bits per heavy atom. The fourth-order valence-electron chi connectivity index (χ4n) is 5.33. The summed E-state index contributed by atoms with van der Waals surface area (Å²) in [6.45, 7) is 5.18. The molecule has 3 aliphatic rings. The highest BCUT2D eigenvalue weighted by Crippen LogP contribution is 2.31. The number of hydrogen-bond acceptors (Lipinski definition) is 4. The third-order valence-corrected chi connectivity index (χ3v) is 6.86. The van der Waals surface area contributed by atoms with E-state index in [1.54, 1.807) is 0 Å². The highest BCUT2D eigenvalue weighted by molar-refractivity contribution is 5.97. The monoisotopic (exact) mass is 398 g/mol. The van der Waals surface area contributed by atoms with Gasteiger partial charge in [0.1, 0.15) is 0 Å². The molecular formula is C22H30N4O3. The van der Waals surface area contributed by atoms with Crippen molar-refractivity contribution in [3.8, 4) is 0 Å². The number of ether oxygens (including phenoxy) is 1. The molecule has 1 aliphatic carbocycles. The summed E-state index contributed by atoms with van der Waals surface area (Å²) in [6, 6.07) is 6.27. The highest BCUT2D eigenvalue weighted by Gasteiger charge is 2.31. The van der Waals surface area contributed by atoms with E-state index in [0.29, 0.717) is 5.56 Å². The number of aromatic amines is 1. The molecule has 1 aromatic heterocycles. The third kappa shape index (κ3) is 3.62. The van der Waals surface area contributed by atoms with Crippen molar-refractivity contribution in [2.45, 2.75) is 50.6 Å². The molecule has 0 spiro atoms. The van der Waals surface area contributed by atoms with E-state index < -0.39 is 0 Å². The number of carbonyl (C=O) groups excluding carboxylic acids is 1. The lowest BCUT2D eigenvalue weighted by Gasteiger charge is -2.33. The first kappa shape index (κ1) is 18.9. The number of carbonyl (C=O) groups is 1. The number of hydrogen-bond donors (Lipinski definition) is 1. The number of nitrogens with zero attached hydrogens (tertiary/aromatic N) is 3. The standard InChI is InChI=1S/C22H30N4O3/c27-21(25-9-3-6-18(25)15-24-10-12-29-13-11-24)16-7-8-20-19(14-16)23-22(28)26(20)17-4-1-2-5-17/h7-8,14,17-18H,1-6,9-13,15H2,(H,23,28). The van der Waals surface area contributed by atoms with Crippen LogP contribution < -0.4 is 5.69 Å². The summed E-state index contributed by atoms with van der Waals surface area (Å²) in [6.07, 6.45) is 6.59. The van der Waals surface area contributed by atoms with Gasteiger partial charge in [-0.25, -0.2) is 4.79 Å². The second-order valence-corrected chi connectivity index (χ2v) is 8.68. The molecule has 5 rings (SSSR count). The van der Waals surface area contributed by atoms with Crippen molar-refractivity contribution in [2.75, 3.05) is 39.4 Å². The molecule has 7 heteroatoms. The summed E-state index contributed by atoms with van der Waals surface area (Å²) in [5, 5.41) is 0. The molecule has 29 heavy (non-hydrogen) atoms. The zero-order valence-corrected chi connectivity index (χ0v) is 16.9. The Morgan fingerprint density at radius 2 is 1.86 bits per heavy atom. The first-order valence-corrected chi connectivity index (χ1v) is 11.1. The zero-order valence-electron chi connectivity index (χ0n) is 16.9. The van der Waals surface area contributed by atoms with E-state index in [4.69, 9.17) is 4.74 Å². The summed E-state index contributed by atoms with van der Waals surface area (Å²) < 4.78 is 7.34. The van der Waals surface area contributed by atoms with E-state index in [1.165, 1.54) is 12.8 Å². The van der Waals surface area contributed by atoms with E-state index in [9.17, 15) is 9.59 Å². The van der Waals surface area contributed by atoms with Gasteiger partial charge in [0.25, 0.3) is 5.91 Å². The lowest BCUT2D eigenvalue weighted by Crippen LogP contribution is -2.46. The molecule has 7 nitrogen and oxygen atoms in total. The fraction of sp³-hybridized carbons (Fsp3) is 0.636. The summed E-state index contributed by atoms with van der Waals surface area (Å²) in [4.78, 5) is 33.2. The fourth-order valence-corrected chi connectivity index (χ4v) is 5.33. The van der Waals surface area contributed by atoms with Gasteiger partial charge in [0.2, 0.25) is 0 Å². The molecule has 2 saturated heterocycles. The van der Waals surface area contributed by atoms with Gasteiger partial charge in [-0.2, -0.15) is 0 Å². The van der Waals surface area contributed by atoms with Crippen LogP contribution in [0.25, 0.3) is 11.0 Å². The minimum absolute atomic E-state index is 0.0529. The summed E-state index contributed by atoms with van der Waals surface area (Å²) in [5.74, 6) is 0.0807. The van der Waals surface area contributed by atoms with Crippen LogP contribution in [0, 0.1) is 0 Å². The van der Waals surface area contributed by atoms with Crippen molar-refractivity contribution >= 4 is 16.9 Å². The number of benzene rings is 1. The number of imidazole rings is 1. The summed E-state index contributed by atoms with van der Waals surface area (Å²) in [5.41, 5.74) is 2.32. The molecule has 1 saturated carbocycles. The van der Waals surface area contributed by atoms with Crippen molar-refractivity contribution in [3.05, 3.63) is 34.2 Å². The number of H-pyrrole nitrogens is 1. The van der Waals surface area contributed by atoms with Crippen molar-refractivity contribution in [1.29, 1.82) is 0 Å². The van der Waals surface area contributed by atoms with E-state index in [-0.39, 0.29) is 23.7 Å². The van der Waals surface area contributed by atoms with Crippen LogP contribution in [0.5, 0.6) is 0 Å². The Kier molecular flexibility index (Phi) is 5.18. The maximum Gasteiger partial charge on any atom is 0.326 e. The normalized spacial score (nSPS) is 24.0. The summed E-state index contributed by atoms with van der Waals surface area (Å²) >= 11 is 0. The van der Waals surface area contributed by atoms with Crippen molar-refractivity contribution < 1.29 is 9.53 Å². The molecular weight excluding hydrogens is 368 g/mol. The largest absolute Gasteiger partial charge is 0.379 e. The average Bonchev–Trinajstić information content (AvgIpc) is 3.47. The Morgan fingerprint density at radius 3 is 2.66 bits per heavy atom. The lowest BCUT2D eigenvalue weighted by molar-refractivity contribution is 0.0261. The van der Waals surface area contributed by atoms with E-state index >= 15 is 0 Å². The maximum absolute atomic E-state index is 13.3. The molecule has 2 aromatic rings. The lowest BCUT2D eigenvalue weighted by atomic mass is 10.1. The maximum atomic E-state index is 13.3. The van der Waals surface area contributed by atoms with Gasteiger partial charge in [0, 0.05) is 43.8 Å². The number of amides is 1. The first-order chi connectivity index (χ1) is 14.2. The van der Waals surface area contributed by atoms with Crippen LogP contribution in [0.15, 0.2) is 23.0 Å². The minimum atomic E-state index is -0.0529. The molecule has 2 aliphatic heterocycles. The van der Waals surface area contributed by atoms with Gasteiger partial charge >= 0.3 is 5.69 Å². The molecule has 0 radical (unpaired) electrons. The highest BCUT2D eigenvalue weighted by atomic mass is 16.5. The van der Waals surface area contributed by atoms with E-state index in [2.05, 4.69) is 9.88 Å². The first-order valence-electron chi connectivity index (χ1n) is 11.1. The second-order valence-electron chi connectivity index (χ2n) is 8.68. The van der Waals surface area contributed by atoms with Gasteiger partial charge in [0.15, 0.2) is 0 Å². The molecule has 3 heterocycles. The van der Waals surface area contributed by atoms with Gasteiger partial charge in [0.05, 0.1) is 24.2 Å². The van der Waals surface area contributed by atoms with Crippen molar-refractivity contribution in [2.24, 2.45) is 0 Å². The molecule has 1 unspecified atom stereocenters. The molecule has 1 N–H and O–H groups in total. The molecule has 0 bridgehead atoms.